The molecule has 3 heteroatoms. The maximum Gasteiger partial charge on any atom is 0.0819 e. The van der Waals surface area contributed by atoms with Crippen LogP contribution in [0.5, 0.6) is 0 Å². The first-order valence-corrected chi connectivity index (χ1v) is 7.19. The van der Waals surface area contributed by atoms with Gasteiger partial charge in [0.15, 0.2) is 0 Å². The highest BCUT2D eigenvalue weighted by molar-refractivity contribution is 6.30. The molecule has 0 heterocycles. The van der Waals surface area contributed by atoms with E-state index in [0.717, 1.165) is 42.0 Å². The van der Waals surface area contributed by atoms with E-state index in [-0.39, 0.29) is 0 Å². The fraction of sp³-hybridized carbons (Fsp3) is 0.600. The molecule has 0 unspecified atom stereocenters. The van der Waals surface area contributed by atoms with Crippen LogP contribution in [-0.4, -0.2) is 17.3 Å². The number of benzene rings is 1. The average Bonchev–Trinajstić information content (AvgIpc) is 2.56. The van der Waals surface area contributed by atoms with E-state index >= 15 is 0 Å². The minimum atomic E-state index is -0.550. The largest absolute Gasteiger partial charge is 0.388 e. The van der Waals surface area contributed by atoms with Crippen LogP contribution in [-0.2, 0) is 0 Å². The summed E-state index contributed by atoms with van der Waals surface area (Å²) in [5.74, 6) is 0. The van der Waals surface area contributed by atoms with Crippen LogP contribution in [0, 0.1) is 6.92 Å². The zero-order valence-corrected chi connectivity index (χ0v) is 11.8. The smallest absolute Gasteiger partial charge is 0.0819 e. The second-order valence-electron chi connectivity index (χ2n) is 5.45. The van der Waals surface area contributed by atoms with Crippen molar-refractivity contribution in [3.05, 3.63) is 28.8 Å². The van der Waals surface area contributed by atoms with Gasteiger partial charge in [-0.15, -0.1) is 0 Å². The van der Waals surface area contributed by atoms with Gasteiger partial charge in [0.25, 0.3) is 0 Å². The van der Waals surface area contributed by atoms with E-state index in [9.17, 15) is 5.11 Å². The van der Waals surface area contributed by atoms with Crippen molar-refractivity contribution < 1.29 is 5.11 Å². The van der Waals surface area contributed by atoms with Crippen LogP contribution >= 0.6 is 11.6 Å². The highest BCUT2D eigenvalue weighted by atomic mass is 35.5. The molecule has 1 aliphatic carbocycles. The first kappa shape index (κ1) is 13.7. The van der Waals surface area contributed by atoms with Gasteiger partial charge in [0.05, 0.1) is 5.60 Å². The Morgan fingerprint density at radius 3 is 2.56 bits per heavy atom. The van der Waals surface area contributed by atoms with Crippen molar-refractivity contribution in [3.8, 4) is 0 Å². The summed E-state index contributed by atoms with van der Waals surface area (Å²) in [5.41, 5.74) is 1.64. The summed E-state index contributed by atoms with van der Waals surface area (Å²) in [6.45, 7) is 2.67. The lowest BCUT2D eigenvalue weighted by Gasteiger charge is -2.27. The zero-order valence-electron chi connectivity index (χ0n) is 11.0. The van der Waals surface area contributed by atoms with E-state index in [2.05, 4.69) is 12.2 Å². The van der Waals surface area contributed by atoms with E-state index in [0.29, 0.717) is 6.54 Å². The normalized spacial score (nSPS) is 19.3. The monoisotopic (exact) mass is 267 g/mol. The molecule has 2 nitrogen and oxygen atoms in total. The molecule has 2 N–H and O–H groups in total. The Balaban J connectivity index is 1.99. The molecule has 0 radical (unpaired) electrons. The molecule has 1 saturated carbocycles. The maximum absolute atomic E-state index is 10.6. The van der Waals surface area contributed by atoms with E-state index in [1.807, 2.05) is 18.2 Å². The first-order chi connectivity index (χ1) is 8.59. The summed E-state index contributed by atoms with van der Waals surface area (Å²) < 4.78 is 0. The van der Waals surface area contributed by atoms with Crippen LogP contribution in [0.3, 0.4) is 0 Å². The van der Waals surface area contributed by atoms with Crippen molar-refractivity contribution in [1.29, 1.82) is 0 Å². The van der Waals surface area contributed by atoms with Gasteiger partial charge in [-0.1, -0.05) is 43.4 Å². The Morgan fingerprint density at radius 1 is 1.22 bits per heavy atom. The molecule has 0 aromatic heterocycles. The van der Waals surface area contributed by atoms with E-state index in [1.54, 1.807) is 0 Å². The summed E-state index contributed by atoms with van der Waals surface area (Å²) in [6, 6.07) is 5.82. The lowest BCUT2D eigenvalue weighted by molar-refractivity contribution is 0.0381. The second-order valence-corrected chi connectivity index (χ2v) is 5.89. The maximum atomic E-state index is 10.6. The van der Waals surface area contributed by atoms with Gasteiger partial charge in [-0.3, -0.25) is 0 Å². The SMILES string of the molecule is Cc1ccc(Cl)cc1NCC1(O)CCCCCC1. The van der Waals surface area contributed by atoms with Gasteiger partial charge in [-0.05, 0) is 37.5 Å². The lowest BCUT2D eigenvalue weighted by atomic mass is 9.94. The lowest BCUT2D eigenvalue weighted by Crippen LogP contribution is -2.36. The molecule has 100 valence electrons. The number of halogens is 1. The molecule has 2 rings (SSSR count). The van der Waals surface area contributed by atoms with Crippen molar-refractivity contribution in [3.63, 3.8) is 0 Å². The van der Waals surface area contributed by atoms with E-state index in [4.69, 9.17) is 11.6 Å². The number of hydrogen-bond donors (Lipinski definition) is 2. The molecule has 0 amide bonds. The highest BCUT2D eigenvalue weighted by Gasteiger charge is 2.27. The third kappa shape index (κ3) is 3.63. The number of hydrogen-bond acceptors (Lipinski definition) is 2. The third-order valence-corrected chi connectivity index (χ3v) is 4.08. The minimum Gasteiger partial charge on any atom is -0.388 e. The van der Waals surface area contributed by atoms with Crippen LogP contribution in [0.25, 0.3) is 0 Å². The van der Waals surface area contributed by atoms with Gasteiger partial charge < -0.3 is 10.4 Å². The number of rotatable bonds is 3. The Hall–Kier alpha value is -0.730. The van der Waals surface area contributed by atoms with E-state index in [1.165, 1.54) is 12.8 Å². The summed E-state index contributed by atoms with van der Waals surface area (Å²) >= 11 is 6.00. The molecule has 18 heavy (non-hydrogen) atoms. The first-order valence-electron chi connectivity index (χ1n) is 6.81. The molecule has 0 aliphatic heterocycles. The fourth-order valence-electron chi connectivity index (χ4n) is 2.61. The number of aryl methyl sites for hydroxylation is 1. The summed E-state index contributed by atoms with van der Waals surface area (Å²) in [6.07, 6.45) is 6.57. The van der Waals surface area contributed by atoms with Crippen molar-refractivity contribution in [2.45, 2.75) is 51.0 Å². The summed E-state index contributed by atoms with van der Waals surface area (Å²) in [5, 5.41) is 14.7. The third-order valence-electron chi connectivity index (χ3n) is 3.84. The predicted molar refractivity (Wildman–Crippen MR) is 77.3 cm³/mol. The Bertz CT molecular complexity index is 397. The summed E-state index contributed by atoms with van der Waals surface area (Å²) in [4.78, 5) is 0. The van der Waals surface area contributed by atoms with Crippen LogP contribution in [0.2, 0.25) is 5.02 Å². The predicted octanol–water partition coefficient (Wildman–Crippen LogP) is 4.15. The van der Waals surface area contributed by atoms with Gasteiger partial charge in [-0.25, -0.2) is 0 Å². The summed E-state index contributed by atoms with van der Waals surface area (Å²) in [7, 11) is 0. The van der Waals surface area contributed by atoms with Crippen LogP contribution in [0.1, 0.15) is 44.1 Å². The minimum absolute atomic E-state index is 0.550. The number of anilines is 1. The number of nitrogens with one attached hydrogen (secondary N) is 1. The Labute approximate surface area is 114 Å². The van der Waals surface area contributed by atoms with Crippen LogP contribution in [0.15, 0.2) is 18.2 Å². The number of aliphatic hydroxyl groups is 1. The topological polar surface area (TPSA) is 32.3 Å². The molecule has 0 spiro atoms. The van der Waals surface area contributed by atoms with Gasteiger partial charge in [0.1, 0.15) is 0 Å². The average molecular weight is 268 g/mol. The molecular formula is C15H22ClNO. The quantitative estimate of drug-likeness (QED) is 0.807. The molecule has 1 aromatic carbocycles. The van der Waals surface area contributed by atoms with Crippen LogP contribution < -0.4 is 5.32 Å². The van der Waals surface area contributed by atoms with Gasteiger partial charge in [0, 0.05) is 17.3 Å². The molecule has 0 bridgehead atoms. The molecule has 0 atom stereocenters. The Morgan fingerprint density at radius 2 is 1.89 bits per heavy atom. The van der Waals surface area contributed by atoms with Crippen molar-refractivity contribution in [1.82, 2.24) is 0 Å². The molecular weight excluding hydrogens is 246 g/mol. The van der Waals surface area contributed by atoms with Crippen molar-refractivity contribution in [2.75, 3.05) is 11.9 Å². The standard InChI is InChI=1S/C15H22ClNO/c1-12-6-7-13(16)10-14(12)17-11-15(18)8-4-2-3-5-9-15/h6-7,10,17-18H,2-5,8-9,11H2,1H3. The highest BCUT2D eigenvalue weighted by Crippen LogP contribution is 2.28. The zero-order chi connectivity index (χ0) is 13.0. The molecule has 0 saturated heterocycles. The van der Waals surface area contributed by atoms with Crippen molar-refractivity contribution >= 4 is 17.3 Å². The van der Waals surface area contributed by atoms with E-state index < -0.39 is 5.60 Å². The van der Waals surface area contributed by atoms with Crippen molar-refractivity contribution in [2.24, 2.45) is 0 Å². The second kappa shape index (κ2) is 5.94. The molecule has 1 aliphatic rings. The van der Waals surface area contributed by atoms with Crippen LogP contribution in [0.4, 0.5) is 5.69 Å². The molecule has 1 fully saturated rings. The Kier molecular flexibility index (Phi) is 4.52. The van der Waals surface area contributed by atoms with Gasteiger partial charge in [-0.2, -0.15) is 0 Å². The fourth-order valence-corrected chi connectivity index (χ4v) is 2.78. The van der Waals surface area contributed by atoms with Gasteiger partial charge in [0.2, 0.25) is 0 Å². The molecule has 1 aromatic rings. The van der Waals surface area contributed by atoms with Gasteiger partial charge >= 0.3 is 0 Å².